The Balaban J connectivity index is 1.52. The first-order chi connectivity index (χ1) is 15.6. The molecule has 0 aliphatic heterocycles. The predicted octanol–water partition coefficient (Wildman–Crippen LogP) is 3.23. The van der Waals surface area contributed by atoms with Crippen molar-refractivity contribution >= 4 is 23.5 Å². The number of nitrogens with one attached hydrogen (secondary N) is 1. The maximum Gasteiger partial charge on any atom is 0.264 e. The number of hydrogen-bond donors (Lipinski definition) is 2. The van der Waals surface area contributed by atoms with Crippen LogP contribution < -0.4 is 15.8 Å². The number of nitrogen functional groups attached to an aromatic ring is 1. The van der Waals surface area contributed by atoms with E-state index in [9.17, 15) is 4.79 Å². The Morgan fingerprint density at radius 2 is 1.94 bits per heavy atom. The highest BCUT2D eigenvalue weighted by molar-refractivity contribution is 7.98. The van der Waals surface area contributed by atoms with Crippen molar-refractivity contribution in [3.8, 4) is 28.6 Å². The predicted molar refractivity (Wildman–Crippen MR) is 122 cm³/mol. The summed E-state index contributed by atoms with van der Waals surface area (Å²) in [5.74, 6) is 1.48. The van der Waals surface area contributed by atoms with Gasteiger partial charge in [0.25, 0.3) is 5.89 Å². The summed E-state index contributed by atoms with van der Waals surface area (Å²) in [6.07, 6.45) is 1.87. The van der Waals surface area contributed by atoms with Gasteiger partial charge in [0.05, 0.1) is 7.11 Å². The van der Waals surface area contributed by atoms with Crippen LogP contribution in [0.1, 0.15) is 5.56 Å². The second-order valence-electron chi connectivity index (χ2n) is 6.84. The van der Waals surface area contributed by atoms with Crippen molar-refractivity contribution in [1.29, 1.82) is 0 Å². The second kappa shape index (κ2) is 9.56. The Hall–Kier alpha value is -3.79. The van der Waals surface area contributed by atoms with Crippen molar-refractivity contribution in [3.63, 3.8) is 0 Å². The minimum absolute atomic E-state index is 0.0221. The first-order valence-electron chi connectivity index (χ1n) is 9.78. The summed E-state index contributed by atoms with van der Waals surface area (Å²) in [4.78, 5) is 16.9. The molecule has 0 fully saturated rings. The molecule has 2 aromatic heterocycles. The second-order valence-corrected chi connectivity index (χ2v) is 7.64. The van der Waals surface area contributed by atoms with Gasteiger partial charge in [-0.3, -0.25) is 4.79 Å². The molecule has 3 N–H and O–H groups in total. The molecule has 0 aliphatic rings. The largest absolute Gasteiger partial charge is 0.497 e. The number of nitrogens with two attached hydrogens (primary N) is 1. The van der Waals surface area contributed by atoms with Crippen LogP contribution in [0.2, 0.25) is 0 Å². The summed E-state index contributed by atoms with van der Waals surface area (Å²) in [6.45, 7) is 0.406. The average Bonchev–Trinajstić information content (AvgIpc) is 3.43. The number of anilines is 1. The molecule has 0 radical (unpaired) electrons. The lowest BCUT2D eigenvalue weighted by Crippen LogP contribution is -2.28. The Labute approximate surface area is 189 Å². The summed E-state index contributed by atoms with van der Waals surface area (Å²) in [5.41, 5.74) is 8.62. The van der Waals surface area contributed by atoms with E-state index >= 15 is 0 Å². The van der Waals surface area contributed by atoms with Gasteiger partial charge in [-0.05, 0) is 36.1 Å². The molecule has 1 amide bonds. The normalized spacial score (nSPS) is 10.8. The molecule has 32 heavy (non-hydrogen) atoms. The van der Waals surface area contributed by atoms with Crippen LogP contribution in [0.4, 0.5) is 5.82 Å². The van der Waals surface area contributed by atoms with Crippen LogP contribution in [0.15, 0.2) is 64.1 Å². The Bertz CT molecular complexity index is 1200. The number of rotatable bonds is 8. The molecule has 0 atom stereocenters. The van der Waals surface area contributed by atoms with Gasteiger partial charge in [0.1, 0.15) is 28.7 Å². The molecule has 0 bridgehead atoms. The van der Waals surface area contributed by atoms with Gasteiger partial charge in [-0.25, -0.2) is 4.68 Å². The van der Waals surface area contributed by atoms with E-state index in [-0.39, 0.29) is 24.2 Å². The van der Waals surface area contributed by atoms with E-state index in [4.69, 9.17) is 15.0 Å². The average molecular weight is 451 g/mol. The van der Waals surface area contributed by atoms with E-state index in [1.54, 1.807) is 7.11 Å². The van der Waals surface area contributed by atoms with Crippen LogP contribution in [0.25, 0.3) is 22.8 Å². The number of hydrogen-bond acceptors (Lipinski definition) is 8. The van der Waals surface area contributed by atoms with Gasteiger partial charge in [0.2, 0.25) is 11.7 Å². The molecule has 164 valence electrons. The maximum atomic E-state index is 12.4. The number of nitrogens with zero attached hydrogens (tertiary/aromatic N) is 4. The van der Waals surface area contributed by atoms with Crippen molar-refractivity contribution in [1.82, 2.24) is 25.2 Å². The number of carbonyl (C=O) groups is 1. The first kappa shape index (κ1) is 21.4. The fraction of sp³-hybridized carbons (Fsp3) is 0.182. The SMILES string of the molecule is COc1ccc(-c2noc(-c3c(SC)nn(CC(=O)NCc4ccccc4)c3N)n2)cc1. The summed E-state index contributed by atoms with van der Waals surface area (Å²) < 4.78 is 12.1. The molecule has 2 aromatic carbocycles. The van der Waals surface area contributed by atoms with Crippen molar-refractivity contribution in [3.05, 3.63) is 60.2 Å². The van der Waals surface area contributed by atoms with Gasteiger partial charge in [0, 0.05) is 12.1 Å². The molecule has 0 spiro atoms. The molecule has 0 unspecified atom stereocenters. The summed E-state index contributed by atoms with van der Waals surface area (Å²) in [5, 5.41) is 12.0. The fourth-order valence-electron chi connectivity index (χ4n) is 3.09. The van der Waals surface area contributed by atoms with E-state index in [0.717, 1.165) is 16.9 Å². The number of amides is 1. The zero-order chi connectivity index (χ0) is 22.5. The monoisotopic (exact) mass is 450 g/mol. The minimum Gasteiger partial charge on any atom is -0.497 e. The van der Waals surface area contributed by atoms with Crippen LogP contribution >= 0.6 is 11.8 Å². The van der Waals surface area contributed by atoms with Gasteiger partial charge in [-0.2, -0.15) is 10.1 Å². The van der Waals surface area contributed by atoms with Crippen molar-refractivity contribution in [2.45, 2.75) is 18.1 Å². The van der Waals surface area contributed by atoms with E-state index in [0.29, 0.717) is 23.0 Å². The van der Waals surface area contributed by atoms with Crippen LogP contribution in [-0.4, -0.2) is 39.2 Å². The van der Waals surface area contributed by atoms with Gasteiger partial charge < -0.3 is 20.3 Å². The Morgan fingerprint density at radius 3 is 2.62 bits per heavy atom. The van der Waals surface area contributed by atoms with Crippen molar-refractivity contribution in [2.24, 2.45) is 0 Å². The van der Waals surface area contributed by atoms with E-state index < -0.39 is 0 Å². The number of carbonyl (C=O) groups excluding carboxylic acids is 1. The lowest BCUT2D eigenvalue weighted by molar-refractivity contribution is -0.122. The third-order valence-electron chi connectivity index (χ3n) is 4.77. The number of aromatic nitrogens is 4. The Morgan fingerprint density at radius 1 is 1.19 bits per heavy atom. The standard InChI is InChI=1S/C22H22N6O3S/c1-30-16-10-8-15(9-11-16)20-25-21(31-27-20)18-19(23)28(26-22(18)32-2)13-17(29)24-12-14-6-4-3-5-7-14/h3-11H,12-13,23H2,1-2H3,(H,24,29). The third kappa shape index (κ3) is 4.59. The highest BCUT2D eigenvalue weighted by Crippen LogP contribution is 2.35. The number of methoxy groups -OCH3 is 1. The molecular formula is C22H22N6O3S. The molecule has 0 saturated carbocycles. The van der Waals surface area contributed by atoms with Crippen LogP contribution in [-0.2, 0) is 17.9 Å². The van der Waals surface area contributed by atoms with Crippen molar-refractivity contribution in [2.75, 3.05) is 19.1 Å². The fourth-order valence-corrected chi connectivity index (χ4v) is 3.66. The van der Waals surface area contributed by atoms with E-state index in [2.05, 4.69) is 20.6 Å². The summed E-state index contributed by atoms with van der Waals surface area (Å²) >= 11 is 1.38. The van der Waals surface area contributed by atoms with Crippen molar-refractivity contribution < 1.29 is 14.1 Å². The smallest absolute Gasteiger partial charge is 0.264 e. The number of ether oxygens (including phenoxy) is 1. The topological polar surface area (TPSA) is 121 Å². The van der Waals surface area contributed by atoms with Crippen LogP contribution in [0, 0.1) is 0 Å². The summed E-state index contributed by atoms with van der Waals surface area (Å²) in [7, 11) is 1.60. The van der Waals surface area contributed by atoms with Crippen LogP contribution in [0.5, 0.6) is 5.75 Å². The molecule has 4 rings (SSSR count). The van der Waals surface area contributed by atoms with Gasteiger partial charge in [0.15, 0.2) is 0 Å². The molecular weight excluding hydrogens is 428 g/mol. The number of benzene rings is 2. The molecule has 2 heterocycles. The maximum absolute atomic E-state index is 12.4. The van der Waals surface area contributed by atoms with Gasteiger partial charge >= 0.3 is 0 Å². The highest BCUT2D eigenvalue weighted by Gasteiger charge is 2.23. The number of thioether (sulfide) groups is 1. The molecule has 0 aliphatic carbocycles. The molecule has 4 aromatic rings. The van der Waals surface area contributed by atoms with E-state index in [1.165, 1.54) is 16.4 Å². The quantitative estimate of drug-likeness (QED) is 0.393. The lowest BCUT2D eigenvalue weighted by Gasteiger charge is -2.06. The first-order valence-corrected chi connectivity index (χ1v) is 11.0. The molecule has 0 saturated heterocycles. The summed E-state index contributed by atoms with van der Waals surface area (Å²) in [6, 6.07) is 17.0. The molecule has 9 nitrogen and oxygen atoms in total. The van der Waals surface area contributed by atoms with Crippen LogP contribution in [0.3, 0.4) is 0 Å². The molecule has 10 heteroatoms. The highest BCUT2D eigenvalue weighted by atomic mass is 32.2. The van der Waals surface area contributed by atoms with Gasteiger partial charge in [-0.1, -0.05) is 35.5 Å². The van der Waals surface area contributed by atoms with Gasteiger partial charge in [-0.15, -0.1) is 11.8 Å². The zero-order valence-electron chi connectivity index (χ0n) is 17.6. The Kier molecular flexibility index (Phi) is 6.41. The third-order valence-corrected chi connectivity index (χ3v) is 5.44. The zero-order valence-corrected chi connectivity index (χ0v) is 18.4. The van der Waals surface area contributed by atoms with E-state index in [1.807, 2.05) is 60.9 Å². The minimum atomic E-state index is -0.202. The lowest BCUT2D eigenvalue weighted by atomic mass is 10.2.